The van der Waals surface area contributed by atoms with Crippen LogP contribution in [0.3, 0.4) is 0 Å². The maximum atomic E-state index is 13.0. The van der Waals surface area contributed by atoms with Gasteiger partial charge in [0.15, 0.2) is 0 Å². The molecule has 0 spiro atoms. The lowest BCUT2D eigenvalue weighted by atomic mass is 10.1. The van der Waals surface area contributed by atoms with E-state index >= 15 is 0 Å². The fourth-order valence-corrected chi connectivity index (χ4v) is 2.40. The Morgan fingerprint density at radius 1 is 1.14 bits per heavy atom. The molecule has 1 aromatic heterocycles. The fourth-order valence-electron chi connectivity index (χ4n) is 2.17. The number of nitrogen functional groups attached to an aromatic ring is 1. The Morgan fingerprint density at radius 3 is 2.57 bits per heavy atom. The molecule has 0 atom stereocenters. The molecule has 0 aliphatic rings. The molecule has 0 radical (unpaired) electrons. The molecule has 2 aromatic carbocycles. The third-order valence-corrected chi connectivity index (χ3v) is 3.29. The molecule has 0 unspecified atom stereocenters. The van der Waals surface area contributed by atoms with Gasteiger partial charge in [-0.05, 0) is 18.2 Å². The highest BCUT2D eigenvalue weighted by atomic mass is 35.5. The van der Waals surface area contributed by atoms with Crippen molar-refractivity contribution >= 4 is 28.3 Å². The normalized spacial score (nSPS) is 12.0. The first-order valence-corrected chi connectivity index (χ1v) is 6.35. The van der Waals surface area contributed by atoms with Crippen molar-refractivity contribution in [2.75, 3.05) is 5.73 Å². The van der Waals surface area contributed by atoms with Crippen LogP contribution >= 0.6 is 11.6 Å². The lowest BCUT2D eigenvalue weighted by Crippen LogP contribution is -2.07. The van der Waals surface area contributed by atoms with Crippen molar-refractivity contribution in [1.82, 2.24) is 9.97 Å². The Balaban J connectivity index is 2.25. The van der Waals surface area contributed by atoms with Crippen molar-refractivity contribution in [1.29, 1.82) is 0 Å². The molecule has 3 rings (SSSR count). The molecule has 3 N–H and O–H groups in total. The lowest BCUT2D eigenvalue weighted by molar-refractivity contribution is -0.137. The zero-order valence-electron chi connectivity index (χ0n) is 10.5. The van der Waals surface area contributed by atoms with Crippen LogP contribution in [-0.4, -0.2) is 9.97 Å². The monoisotopic (exact) mass is 311 g/mol. The van der Waals surface area contributed by atoms with Crippen LogP contribution in [0.25, 0.3) is 22.4 Å². The van der Waals surface area contributed by atoms with Gasteiger partial charge in [-0.1, -0.05) is 29.8 Å². The number of nitrogens with two attached hydrogens (primary N) is 1. The van der Waals surface area contributed by atoms with Crippen LogP contribution in [-0.2, 0) is 6.18 Å². The molecule has 0 aliphatic heterocycles. The quantitative estimate of drug-likeness (QED) is 0.651. The van der Waals surface area contributed by atoms with Gasteiger partial charge in [-0.3, -0.25) is 0 Å². The molecule has 0 amide bonds. The predicted octanol–water partition coefficient (Wildman–Crippen LogP) is 4.48. The van der Waals surface area contributed by atoms with Crippen LogP contribution in [0.15, 0.2) is 36.4 Å². The van der Waals surface area contributed by atoms with Crippen molar-refractivity contribution in [3.8, 4) is 11.4 Å². The van der Waals surface area contributed by atoms with E-state index in [1.807, 2.05) is 0 Å². The van der Waals surface area contributed by atoms with E-state index in [0.29, 0.717) is 21.7 Å². The molecular formula is C14H9ClF3N3. The zero-order valence-corrected chi connectivity index (χ0v) is 11.3. The van der Waals surface area contributed by atoms with Gasteiger partial charge in [0.1, 0.15) is 11.3 Å². The van der Waals surface area contributed by atoms with E-state index in [1.54, 1.807) is 6.07 Å². The molecule has 3 nitrogen and oxygen atoms in total. The van der Waals surface area contributed by atoms with Crippen molar-refractivity contribution in [2.45, 2.75) is 6.18 Å². The van der Waals surface area contributed by atoms with Crippen molar-refractivity contribution in [2.24, 2.45) is 0 Å². The highest BCUT2D eigenvalue weighted by Gasteiger charge is 2.34. The highest BCUT2D eigenvalue weighted by molar-refractivity contribution is 6.31. The van der Waals surface area contributed by atoms with Gasteiger partial charge in [0.25, 0.3) is 0 Å². The van der Waals surface area contributed by atoms with E-state index in [0.717, 1.165) is 6.07 Å². The summed E-state index contributed by atoms with van der Waals surface area (Å²) in [5.41, 5.74) is 6.19. The molecule has 21 heavy (non-hydrogen) atoms. The second-order valence-electron chi connectivity index (χ2n) is 4.52. The maximum Gasteiger partial charge on any atom is 0.417 e. The lowest BCUT2D eigenvalue weighted by Gasteiger charge is -2.10. The summed E-state index contributed by atoms with van der Waals surface area (Å²) in [6, 6.07) is 8.30. The number of imidazole rings is 1. The van der Waals surface area contributed by atoms with Crippen LogP contribution in [0.2, 0.25) is 5.02 Å². The second-order valence-corrected chi connectivity index (χ2v) is 4.96. The largest absolute Gasteiger partial charge is 0.417 e. The molecule has 0 bridgehead atoms. The second kappa shape index (κ2) is 4.66. The predicted molar refractivity (Wildman–Crippen MR) is 76.0 cm³/mol. The van der Waals surface area contributed by atoms with E-state index in [-0.39, 0.29) is 11.4 Å². The summed E-state index contributed by atoms with van der Waals surface area (Å²) in [5.74, 6) is 0.104. The SMILES string of the molecule is Nc1cc(Cl)cc2[nH]c(-c3ccccc3C(F)(F)F)nc12. The molecule has 3 aromatic rings. The van der Waals surface area contributed by atoms with Gasteiger partial charge >= 0.3 is 6.18 Å². The number of hydrogen-bond donors (Lipinski definition) is 2. The first-order valence-electron chi connectivity index (χ1n) is 5.97. The van der Waals surface area contributed by atoms with Crippen LogP contribution in [0, 0.1) is 0 Å². The number of alkyl halides is 3. The Labute approximate surface area is 122 Å². The first kappa shape index (κ1) is 13.8. The first-order chi connectivity index (χ1) is 9.86. The Kier molecular flexibility index (Phi) is 3.06. The summed E-state index contributed by atoms with van der Waals surface area (Å²) < 4.78 is 39.1. The maximum absolute atomic E-state index is 13.0. The smallest absolute Gasteiger partial charge is 0.397 e. The molecule has 0 saturated carbocycles. The topological polar surface area (TPSA) is 54.7 Å². The Hall–Kier alpha value is -2.21. The minimum absolute atomic E-state index is 0.0308. The molecule has 108 valence electrons. The number of hydrogen-bond acceptors (Lipinski definition) is 2. The number of anilines is 1. The molecular weight excluding hydrogens is 303 g/mol. The molecule has 0 saturated heterocycles. The number of nitrogens with zero attached hydrogens (tertiary/aromatic N) is 1. The average Bonchev–Trinajstić information content (AvgIpc) is 2.81. The van der Waals surface area contributed by atoms with E-state index in [1.165, 1.54) is 24.3 Å². The minimum atomic E-state index is -4.46. The van der Waals surface area contributed by atoms with E-state index in [2.05, 4.69) is 9.97 Å². The van der Waals surface area contributed by atoms with E-state index in [9.17, 15) is 13.2 Å². The third-order valence-electron chi connectivity index (χ3n) is 3.07. The van der Waals surface area contributed by atoms with Crippen LogP contribution in [0.4, 0.5) is 18.9 Å². The summed E-state index contributed by atoms with van der Waals surface area (Å²) >= 11 is 5.88. The summed E-state index contributed by atoms with van der Waals surface area (Å²) in [5, 5.41) is 0.388. The number of H-pyrrole nitrogens is 1. The Bertz CT molecular complexity index is 824. The van der Waals surface area contributed by atoms with E-state index < -0.39 is 11.7 Å². The zero-order chi connectivity index (χ0) is 15.2. The van der Waals surface area contributed by atoms with Gasteiger partial charge < -0.3 is 10.7 Å². The molecule has 1 heterocycles. The number of aromatic amines is 1. The van der Waals surface area contributed by atoms with Crippen molar-refractivity contribution in [3.63, 3.8) is 0 Å². The molecule has 0 aliphatic carbocycles. The number of halogens is 4. The number of fused-ring (bicyclic) bond motifs is 1. The van der Waals surface area contributed by atoms with Crippen molar-refractivity contribution < 1.29 is 13.2 Å². The number of benzene rings is 2. The van der Waals surface area contributed by atoms with Gasteiger partial charge in [0, 0.05) is 10.6 Å². The summed E-state index contributed by atoms with van der Waals surface area (Å²) in [6.07, 6.45) is -4.46. The van der Waals surface area contributed by atoms with Gasteiger partial charge in [0.05, 0.1) is 16.8 Å². The highest BCUT2D eigenvalue weighted by Crippen LogP contribution is 2.37. The fraction of sp³-hybridized carbons (Fsp3) is 0.0714. The molecule has 0 fully saturated rings. The van der Waals surface area contributed by atoms with Crippen LogP contribution in [0.5, 0.6) is 0 Å². The third kappa shape index (κ3) is 2.42. The summed E-state index contributed by atoms with van der Waals surface area (Å²) in [6.45, 7) is 0. The van der Waals surface area contributed by atoms with Crippen LogP contribution < -0.4 is 5.73 Å². The summed E-state index contributed by atoms with van der Waals surface area (Å²) in [7, 11) is 0. The van der Waals surface area contributed by atoms with Gasteiger partial charge in [-0.2, -0.15) is 13.2 Å². The summed E-state index contributed by atoms with van der Waals surface area (Å²) in [4.78, 5) is 6.99. The number of aromatic nitrogens is 2. The van der Waals surface area contributed by atoms with Gasteiger partial charge in [0.2, 0.25) is 0 Å². The van der Waals surface area contributed by atoms with Crippen molar-refractivity contribution in [3.05, 3.63) is 47.0 Å². The number of rotatable bonds is 1. The van der Waals surface area contributed by atoms with Crippen LogP contribution in [0.1, 0.15) is 5.56 Å². The van der Waals surface area contributed by atoms with Gasteiger partial charge in [-0.15, -0.1) is 0 Å². The Morgan fingerprint density at radius 2 is 1.86 bits per heavy atom. The van der Waals surface area contributed by atoms with Gasteiger partial charge in [-0.25, -0.2) is 4.98 Å². The number of nitrogens with one attached hydrogen (secondary N) is 1. The minimum Gasteiger partial charge on any atom is -0.397 e. The van der Waals surface area contributed by atoms with E-state index in [4.69, 9.17) is 17.3 Å². The average molecular weight is 312 g/mol. The standard InChI is InChI=1S/C14H9ClF3N3/c15-7-5-10(19)12-11(6-7)20-13(21-12)8-3-1-2-4-9(8)14(16,17)18/h1-6H,19H2,(H,20,21). The molecule has 7 heteroatoms.